The first-order chi connectivity index (χ1) is 20.4. The van der Waals surface area contributed by atoms with Gasteiger partial charge in [-0.3, -0.25) is 0 Å². The number of benzene rings is 3. The zero-order valence-corrected chi connectivity index (χ0v) is 24.6. The molecule has 0 saturated heterocycles. The molecule has 216 valence electrons. The van der Waals surface area contributed by atoms with Crippen molar-refractivity contribution in [2.75, 3.05) is 23.9 Å². The third-order valence-corrected chi connectivity index (χ3v) is 8.22. The summed E-state index contributed by atoms with van der Waals surface area (Å²) < 4.78 is 37.6. The third-order valence-electron chi connectivity index (χ3n) is 7.12. The van der Waals surface area contributed by atoms with Gasteiger partial charge < -0.3 is 24.3 Å². The number of aromatic nitrogens is 2. The molecule has 1 aliphatic carbocycles. The number of ether oxygens (including phenoxy) is 1. The molecule has 1 unspecified atom stereocenters. The molecule has 2 heterocycles. The van der Waals surface area contributed by atoms with Crippen LogP contribution in [0.5, 0.6) is 5.75 Å². The molecule has 2 N–H and O–H groups in total. The molecule has 10 heteroatoms. The molecule has 0 spiro atoms. The molecule has 0 aliphatic heterocycles. The summed E-state index contributed by atoms with van der Waals surface area (Å²) in [5.74, 6) is 3.49. The van der Waals surface area contributed by atoms with Crippen molar-refractivity contribution in [3.63, 3.8) is 0 Å². The monoisotopic (exact) mass is 604 g/mol. The smallest absolute Gasteiger partial charge is 0.141 e. The van der Waals surface area contributed by atoms with Crippen molar-refractivity contribution in [2.24, 2.45) is 5.92 Å². The van der Waals surface area contributed by atoms with Crippen LogP contribution in [0.4, 0.5) is 15.9 Å². The molecule has 1 fully saturated rings. The van der Waals surface area contributed by atoms with E-state index >= 15 is 0 Å². The average Bonchev–Trinajstić information content (AvgIpc) is 3.68. The number of furan rings is 1. The fourth-order valence-electron chi connectivity index (χ4n) is 4.73. The first-order valence-electron chi connectivity index (χ1n) is 13.7. The Hall–Kier alpha value is -3.63. The molecule has 3 aromatic carbocycles. The first-order valence-corrected chi connectivity index (χ1v) is 15.8. The number of nitrogens with zero attached hydrogens (tertiary/aromatic N) is 2. The van der Waals surface area contributed by atoms with Crippen molar-refractivity contribution < 1.29 is 18.1 Å². The maximum absolute atomic E-state index is 13.5. The number of halogens is 2. The molecule has 1 aliphatic rings. The largest absolute Gasteiger partial charge is 0.616 e. The lowest BCUT2D eigenvalue weighted by Crippen LogP contribution is -2.29. The summed E-state index contributed by atoms with van der Waals surface area (Å²) in [5, 5.41) is 8.10. The molecular formula is C32H30ClFN4O3S. The van der Waals surface area contributed by atoms with Crippen LogP contribution in [0.3, 0.4) is 0 Å². The Morgan fingerprint density at radius 1 is 1.10 bits per heavy atom. The summed E-state index contributed by atoms with van der Waals surface area (Å²) >= 11 is 5.55. The average molecular weight is 605 g/mol. The molecule has 5 aromatic rings. The topological polar surface area (TPSA) is 95.3 Å². The minimum absolute atomic E-state index is 0.100. The van der Waals surface area contributed by atoms with E-state index in [-0.39, 0.29) is 18.5 Å². The highest BCUT2D eigenvalue weighted by molar-refractivity contribution is 7.90. The van der Waals surface area contributed by atoms with Gasteiger partial charge in [-0.15, -0.1) is 0 Å². The maximum atomic E-state index is 13.5. The Morgan fingerprint density at radius 3 is 2.76 bits per heavy atom. The van der Waals surface area contributed by atoms with E-state index in [4.69, 9.17) is 20.8 Å². The normalized spacial score (nSPS) is 14.6. The Kier molecular flexibility index (Phi) is 8.62. The summed E-state index contributed by atoms with van der Waals surface area (Å²) in [4.78, 5) is 8.90. The standard InChI is InChI=1S/C32H30ClFN4O3S/c1-42(39)18-28(35-16-20-5-6-20)31-12-11-29(41-31)22-7-9-27-25(14-22)32(37-19-36-27)38-24-8-10-30(26(33)15-24)40-17-21-3-2-4-23(34)13-21/h2-4,7-15,19-20,28,35H,5-6,16-18H2,1H3,(H,36,37,38)/t28-,42?/m0/s1. The van der Waals surface area contributed by atoms with E-state index in [1.165, 1.54) is 31.3 Å². The van der Waals surface area contributed by atoms with E-state index in [0.29, 0.717) is 39.6 Å². The van der Waals surface area contributed by atoms with Crippen LogP contribution in [0.2, 0.25) is 5.02 Å². The summed E-state index contributed by atoms with van der Waals surface area (Å²) in [7, 11) is 0. The second-order valence-electron chi connectivity index (χ2n) is 10.5. The summed E-state index contributed by atoms with van der Waals surface area (Å²) in [6.07, 6.45) is 5.71. The fourth-order valence-corrected chi connectivity index (χ4v) is 5.72. The van der Waals surface area contributed by atoms with Crippen molar-refractivity contribution in [3.8, 4) is 17.1 Å². The van der Waals surface area contributed by atoms with E-state index < -0.39 is 11.2 Å². The van der Waals surface area contributed by atoms with Gasteiger partial charge in [0, 0.05) is 16.6 Å². The van der Waals surface area contributed by atoms with Crippen LogP contribution < -0.4 is 15.4 Å². The van der Waals surface area contributed by atoms with Gasteiger partial charge in [0.1, 0.15) is 53.6 Å². The number of rotatable bonds is 12. The second kappa shape index (κ2) is 12.7. The zero-order valence-electron chi connectivity index (χ0n) is 23.0. The SMILES string of the molecule is C[S+]([O-])C[C@H](NCC1CC1)c1ccc(-c2ccc3ncnc(Nc4ccc(OCc5cccc(F)c5)c(Cl)c4)c3c2)o1. The number of hydrogen-bond acceptors (Lipinski definition) is 7. The molecule has 0 amide bonds. The van der Waals surface area contributed by atoms with Gasteiger partial charge in [-0.25, -0.2) is 14.4 Å². The van der Waals surface area contributed by atoms with Gasteiger partial charge in [0.15, 0.2) is 0 Å². The minimum atomic E-state index is -0.960. The van der Waals surface area contributed by atoms with Crippen LogP contribution in [0.15, 0.2) is 83.5 Å². The Balaban J connectivity index is 1.20. The van der Waals surface area contributed by atoms with E-state index in [1.54, 1.807) is 30.5 Å². The van der Waals surface area contributed by atoms with Gasteiger partial charge >= 0.3 is 0 Å². The predicted molar refractivity (Wildman–Crippen MR) is 165 cm³/mol. The summed E-state index contributed by atoms with van der Waals surface area (Å²) in [6.45, 7) is 1.11. The van der Waals surface area contributed by atoms with E-state index in [1.807, 2.05) is 36.4 Å². The van der Waals surface area contributed by atoms with Crippen LogP contribution in [-0.4, -0.2) is 33.1 Å². The van der Waals surface area contributed by atoms with Crippen LogP contribution >= 0.6 is 11.6 Å². The lowest BCUT2D eigenvalue weighted by molar-refractivity contribution is 0.306. The Morgan fingerprint density at radius 2 is 1.98 bits per heavy atom. The molecular weight excluding hydrogens is 575 g/mol. The molecule has 0 radical (unpaired) electrons. The number of anilines is 2. The number of nitrogens with one attached hydrogen (secondary N) is 2. The fraction of sp³-hybridized carbons (Fsp3) is 0.250. The van der Waals surface area contributed by atoms with Crippen molar-refractivity contribution in [3.05, 3.63) is 101 Å². The third kappa shape index (κ3) is 7.04. The molecule has 42 heavy (non-hydrogen) atoms. The van der Waals surface area contributed by atoms with Gasteiger partial charge in [0.25, 0.3) is 0 Å². The highest BCUT2D eigenvalue weighted by Crippen LogP contribution is 2.34. The Labute approximate surface area is 251 Å². The molecule has 0 bridgehead atoms. The second-order valence-corrected chi connectivity index (χ2v) is 12.4. The van der Waals surface area contributed by atoms with Crippen molar-refractivity contribution in [1.29, 1.82) is 0 Å². The van der Waals surface area contributed by atoms with Gasteiger partial charge in [-0.1, -0.05) is 34.9 Å². The van der Waals surface area contributed by atoms with Gasteiger partial charge in [0.05, 0.1) is 16.8 Å². The number of fused-ring (bicyclic) bond motifs is 1. The van der Waals surface area contributed by atoms with Gasteiger partial charge in [0.2, 0.25) is 0 Å². The lowest BCUT2D eigenvalue weighted by Gasteiger charge is -2.17. The zero-order chi connectivity index (χ0) is 29.1. The van der Waals surface area contributed by atoms with Crippen LogP contribution in [-0.2, 0) is 17.8 Å². The quantitative estimate of drug-likeness (QED) is 0.143. The van der Waals surface area contributed by atoms with E-state index in [2.05, 4.69) is 20.6 Å². The molecule has 2 atom stereocenters. The van der Waals surface area contributed by atoms with Crippen molar-refractivity contribution >= 4 is 45.2 Å². The maximum Gasteiger partial charge on any atom is 0.141 e. The minimum Gasteiger partial charge on any atom is -0.616 e. The van der Waals surface area contributed by atoms with Gasteiger partial charge in [-0.05, 0) is 91.5 Å². The van der Waals surface area contributed by atoms with Crippen LogP contribution in [0.25, 0.3) is 22.2 Å². The predicted octanol–water partition coefficient (Wildman–Crippen LogP) is 7.42. The highest BCUT2D eigenvalue weighted by atomic mass is 35.5. The molecule has 1 saturated carbocycles. The van der Waals surface area contributed by atoms with Crippen LogP contribution in [0.1, 0.15) is 30.2 Å². The van der Waals surface area contributed by atoms with Crippen molar-refractivity contribution in [2.45, 2.75) is 25.5 Å². The highest BCUT2D eigenvalue weighted by Gasteiger charge is 2.26. The van der Waals surface area contributed by atoms with Crippen molar-refractivity contribution in [1.82, 2.24) is 15.3 Å². The lowest BCUT2D eigenvalue weighted by atomic mass is 10.1. The van der Waals surface area contributed by atoms with Gasteiger partial charge in [-0.2, -0.15) is 0 Å². The molecule has 2 aromatic heterocycles. The number of hydrogen-bond donors (Lipinski definition) is 2. The van der Waals surface area contributed by atoms with Crippen LogP contribution in [0, 0.1) is 11.7 Å². The summed E-state index contributed by atoms with van der Waals surface area (Å²) in [5.41, 5.74) is 3.09. The van der Waals surface area contributed by atoms with E-state index in [9.17, 15) is 8.94 Å². The van der Waals surface area contributed by atoms with E-state index in [0.717, 1.165) is 34.5 Å². The Bertz CT molecular complexity index is 1690. The summed E-state index contributed by atoms with van der Waals surface area (Å²) in [6, 6.07) is 21.3. The first kappa shape index (κ1) is 28.5. The molecule has 6 rings (SSSR count). The molecule has 7 nitrogen and oxygen atoms in total.